The number of carbonyl (C=O) groups is 1. The number of fused-ring (bicyclic) bond motifs is 1. The lowest BCUT2D eigenvalue weighted by Gasteiger charge is -2.40. The van der Waals surface area contributed by atoms with Crippen LogP contribution in [0.15, 0.2) is 42.5 Å². The fraction of sp³-hybridized carbons (Fsp3) is 0.500. The third kappa shape index (κ3) is 5.15. The highest BCUT2D eigenvalue weighted by Crippen LogP contribution is 2.34. The van der Waals surface area contributed by atoms with Crippen LogP contribution in [0.2, 0.25) is 0 Å². The normalized spacial score (nSPS) is 19.3. The van der Waals surface area contributed by atoms with Gasteiger partial charge in [-0.2, -0.15) is 0 Å². The molecule has 0 spiro atoms. The standard InChI is InChI=1S/C24H34N4O/c1-17(2)13-25-21-12-11-20-15-28(14-19-9-7-6-8-10-19)16-24(5,22(20)27-21)23(29)26-18(3)4/h6-12,17-18H,13-16H2,1-5H3,(H,25,27)(H,26,29). The maximum absolute atomic E-state index is 13.3. The average molecular weight is 395 g/mol. The summed E-state index contributed by atoms with van der Waals surface area (Å²) in [6.45, 7) is 13.5. The number of rotatable bonds is 7. The lowest BCUT2D eigenvalue weighted by molar-refractivity contribution is -0.128. The van der Waals surface area contributed by atoms with Crippen LogP contribution in [-0.2, 0) is 23.3 Å². The average Bonchev–Trinajstić information content (AvgIpc) is 2.67. The lowest BCUT2D eigenvalue weighted by atomic mass is 9.79. The van der Waals surface area contributed by atoms with Crippen LogP contribution in [-0.4, -0.2) is 34.9 Å². The molecule has 1 atom stereocenters. The summed E-state index contributed by atoms with van der Waals surface area (Å²) >= 11 is 0. The molecule has 1 aromatic heterocycles. The summed E-state index contributed by atoms with van der Waals surface area (Å²) < 4.78 is 0. The van der Waals surface area contributed by atoms with Crippen LogP contribution in [0.5, 0.6) is 0 Å². The summed E-state index contributed by atoms with van der Waals surface area (Å²) in [7, 11) is 0. The molecule has 3 rings (SSSR count). The molecule has 1 aliphatic rings. The Hall–Kier alpha value is -2.40. The fourth-order valence-corrected chi connectivity index (χ4v) is 3.87. The largest absolute Gasteiger partial charge is 0.370 e. The minimum Gasteiger partial charge on any atom is -0.370 e. The van der Waals surface area contributed by atoms with Crippen molar-refractivity contribution in [3.8, 4) is 0 Å². The Morgan fingerprint density at radius 2 is 1.86 bits per heavy atom. The molecular weight excluding hydrogens is 360 g/mol. The van der Waals surface area contributed by atoms with Crippen LogP contribution in [0, 0.1) is 5.92 Å². The number of amides is 1. The molecule has 1 aliphatic heterocycles. The molecular formula is C24H34N4O. The van der Waals surface area contributed by atoms with E-state index in [1.54, 1.807) is 0 Å². The van der Waals surface area contributed by atoms with Crippen LogP contribution < -0.4 is 10.6 Å². The van der Waals surface area contributed by atoms with Crippen molar-refractivity contribution in [1.82, 2.24) is 15.2 Å². The number of carbonyl (C=O) groups excluding carboxylic acids is 1. The predicted molar refractivity (Wildman–Crippen MR) is 119 cm³/mol. The van der Waals surface area contributed by atoms with Gasteiger partial charge < -0.3 is 10.6 Å². The van der Waals surface area contributed by atoms with Gasteiger partial charge in [-0.05, 0) is 43.9 Å². The molecule has 0 fully saturated rings. The van der Waals surface area contributed by atoms with Gasteiger partial charge in [0.1, 0.15) is 11.2 Å². The Kier molecular flexibility index (Phi) is 6.58. The number of aromatic nitrogens is 1. The van der Waals surface area contributed by atoms with Gasteiger partial charge in [-0.15, -0.1) is 0 Å². The molecule has 0 bridgehead atoms. The molecule has 1 unspecified atom stereocenters. The van der Waals surface area contributed by atoms with Gasteiger partial charge in [-0.25, -0.2) is 4.98 Å². The second kappa shape index (κ2) is 8.95. The first-order valence-corrected chi connectivity index (χ1v) is 10.6. The van der Waals surface area contributed by atoms with Gasteiger partial charge >= 0.3 is 0 Å². The van der Waals surface area contributed by atoms with E-state index < -0.39 is 5.41 Å². The molecule has 1 amide bonds. The zero-order valence-corrected chi connectivity index (χ0v) is 18.3. The predicted octanol–water partition coefficient (Wildman–Crippen LogP) is 3.95. The number of pyridine rings is 1. The van der Waals surface area contributed by atoms with Gasteiger partial charge in [0.15, 0.2) is 0 Å². The van der Waals surface area contributed by atoms with Crippen molar-refractivity contribution in [1.29, 1.82) is 0 Å². The van der Waals surface area contributed by atoms with Crippen molar-refractivity contribution in [2.45, 2.75) is 59.2 Å². The van der Waals surface area contributed by atoms with E-state index in [9.17, 15) is 4.79 Å². The molecule has 0 saturated heterocycles. The molecule has 5 heteroatoms. The summed E-state index contributed by atoms with van der Waals surface area (Å²) in [4.78, 5) is 20.5. The van der Waals surface area contributed by atoms with E-state index in [1.165, 1.54) is 5.56 Å². The maximum Gasteiger partial charge on any atom is 0.233 e. The van der Waals surface area contributed by atoms with Crippen LogP contribution in [0.1, 0.15) is 51.4 Å². The van der Waals surface area contributed by atoms with Crippen molar-refractivity contribution in [2.75, 3.05) is 18.4 Å². The third-order valence-corrected chi connectivity index (χ3v) is 5.30. The van der Waals surface area contributed by atoms with Crippen molar-refractivity contribution in [3.63, 3.8) is 0 Å². The fourth-order valence-electron chi connectivity index (χ4n) is 3.87. The summed E-state index contributed by atoms with van der Waals surface area (Å²) in [6.07, 6.45) is 0. The highest BCUT2D eigenvalue weighted by atomic mass is 16.2. The van der Waals surface area contributed by atoms with Crippen LogP contribution in [0.3, 0.4) is 0 Å². The smallest absolute Gasteiger partial charge is 0.233 e. The summed E-state index contributed by atoms with van der Waals surface area (Å²) in [6, 6.07) is 14.7. The van der Waals surface area contributed by atoms with E-state index in [0.717, 1.165) is 36.7 Å². The SMILES string of the molecule is CC(C)CNc1ccc2c(n1)C(C)(C(=O)NC(C)C)CN(Cc1ccccc1)C2. The molecule has 1 aromatic carbocycles. The Balaban J connectivity index is 1.92. The molecule has 2 N–H and O–H groups in total. The van der Waals surface area contributed by atoms with Gasteiger partial charge in [0.2, 0.25) is 5.91 Å². The summed E-state index contributed by atoms with van der Waals surface area (Å²) in [5.74, 6) is 1.42. The molecule has 0 saturated carbocycles. The van der Waals surface area contributed by atoms with E-state index in [0.29, 0.717) is 12.5 Å². The van der Waals surface area contributed by atoms with Gasteiger partial charge in [-0.1, -0.05) is 50.2 Å². The first-order valence-electron chi connectivity index (χ1n) is 10.6. The summed E-state index contributed by atoms with van der Waals surface area (Å²) in [5, 5.41) is 6.53. The Labute approximate surface area is 174 Å². The third-order valence-electron chi connectivity index (χ3n) is 5.30. The highest BCUT2D eigenvalue weighted by Gasteiger charge is 2.43. The Morgan fingerprint density at radius 3 is 2.52 bits per heavy atom. The first-order chi connectivity index (χ1) is 13.8. The molecule has 2 aromatic rings. The zero-order valence-electron chi connectivity index (χ0n) is 18.3. The van der Waals surface area contributed by atoms with E-state index in [-0.39, 0.29) is 11.9 Å². The second-order valence-electron chi connectivity index (χ2n) is 9.07. The number of hydrogen-bond donors (Lipinski definition) is 2. The van der Waals surface area contributed by atoms with Crippen LogP contribution >= 0.6 is 0 Å². The minimum absolute atomic E-state index is 0.0417. The monoisotopic (exact) mass is 394 g/mol. The minimum atomic E-state index is -0.692. The van der Waals surface area contributed by atoms with E-state index in [4.69, 9.17) is 4.98 Å². The lowest BCUT2D eigenvalue weighted by Crippen LogP contribution is -2.54. The Morgan fingerprint density at radius 1 is 1.14 bits per heavy atom. The Bertz CT molecular complexity index is 834. The van der Waals surface area contributed by atoms with Crippen molar-refractivity contribution in [3.05, 3.63) is 59.3 Å². The number of hydrogen-bond acceptors (Lipinski definition) is 4. The zero-order chi connectivity index (χ0) is 21.0. The van der Waals surface area contributed by atoms with Gasteiger partial charge in [0.25, 0.3) is 0 Å². The van der Waals surface area contributed by atoms with E-state index >= 15 is 0 Å². The second-order valence-corrected chi connectivity index (χ2v) is 9.07. The quantitative estimate of drug-likeness (QED) is 0.747. The van der Waals surface area contributed by atoms with Crippen molar-refractivity contribution >= 4 is 11.7 Å². The molecule has 5 nitrogen and oxygen atoms in total. The molecule has 2 heterocycles. The molecule has 0 radical (unpaired) electrons. The van der Waals surface area contributed by atoms with Crippen LogP contribution in [0.4, 0.5) is 5.82 Å². The number of benzene rings is 1. The van der Waals surface area contributed by atoms with Crippen molar-refractivity contribution in [2.24, 2.45) is 5.92 Å². The first kappa shape index (κ1) is 21.3. The molecule has 29 heavy (non-hydrogen) atoms. The number of anilines is 1. The summed E-state index contributed by atoms with van der Waals surface area (Å²) in [5.41, 5.74) is 2.59. The van der Waals surface area contributed by atoms with Crippen LogP contribution in [0.25, 0.3) is 0 Å². The van der Waals surface area contributed by atoms with Gasteiger partial charge in [0.05, 0.1) is 5.69 Å². The van der Waals surface area contributed by atoms with E-state index in [1.807, 2.05) is 32.9 Å². The molecule has 0 aliphatic carbocycles. The highest BCUT2D eigenvalue weighted by molar-refractivity contribution is 5.88. The molecule has 156 valence electrons. The van der Waals surface area contributed by atoms with Gasteiger partial charge in [-0.3, -0.25) is 9.69 Å². The maximum atomic E-state index is 13.3. The van der Waals surface area contributed by atoms with E-state index in [2.05, 4.69) is 59.7 Å². The number of nitrogens with zero attached hydrogens (tertiary/aromatic N) is 2. The van der Waals surface area contributed by atoms with Gasteiger partial charge in [0, 0.05) is 32.2 Å². The number of nitrogens with one attached hydrogen (secondary N) is 2. The van der Waals surface area contributed by atoms with Crippen molar-refractivity contribution < 1.29 is 4.79 Å². The topological polar surface area (TPSA) is 57.3 Å².